The molecule has 0 saturated heterocycles. The number of aliphatic hydroxyl groups excluding tert-OH is 1. The van der Waals surface area contributed by atoms with E-state index in [0.29, 0.717) is 17.3 Å². The third-order valence-electron chi connectivity index (χ3n) is 4.35. The Hall–Kier alpha value is -1.09. The number of benzene rings is 1. The molecule has 1 atom stereocenters. The van der Waals surface area contributed by atoms with E-state index in [0.717, 1.165) is 18.8 Å². The van der Waals surface area contributed by atoms with E-state index in [2.05, 4.69) is 6.92 Å². The molecule has 1 aromatic rings. The van der Waals surface area contributed by atoms with Crippen molar-refractivity contribution in [3.63, 3.8) is 0 Å². The average Bonchev–Trinajstić information content (AvgIpc) is 2.38. The fourth-order valence-electron chi connectivity index (χ4n) is 3.05. The van der Waals surface area contributed by atoms with Crippen molar-refractivity contribution in [1.82, 2.24) is 0 Å². The van der Waals surface area contributed by atoms with Crippen LogP contribution in [-0.4, -0.2) is 18.2 Å². The summed E-state index contributed by atoms with van der Waals surface area (Å²) in [4.78, 5) is 2.03. The second-order valence-electron chi connectivity index (χ2n) is 5.88. The standard InChI is InChI=1S/C16H24FNO/c1-11-7-9-13(10-8-11)18(3)16-14(12(2)19)5-4-6-15(16)17/h4-6,11-13,19H,7-10H2,1-3H3. The van der Waals surface area contributed by atoms with Crippen LogP contribution in [0.1, 0.15) is 51.2 Å². The van der Waals surface area contributed by atoms with E-state index < -0.39 is 6.10 Å². The van der Waals surface area contributed by atoms with Gasteiger partial charge >= 0.3 is 0 Å². The minimum atomic E-state index is -0.643. The Morgan fingerprint density at radius 2 is 1.89 bits per heavy atom. The van der Waals surface area contributed by atoms with Crippen LogP contribution in [-0.2, 0) is 0 Å². The fourth-order valence-corrected chi connectivity index (χ4v) is 3.05. The molecule has 0 aromatic heterocycles. The molecule has 0 heterocycles. The monoisotopic (exact) mass is 265 g/mol. The summed E-state index contributed by atoms with van der Waals surface area (Å²) in [6.07, 6.45) is 3.97. The normalized spacial score (nSPS) is 25.1. The molecular formula is C16H24FNO. The maximum atomic E-state index is 14.1. The number of nitrogens with zero attached hydrogens (tertiary/aromatic N) is 1. The van der Waals surface area contributed by atoms with Gasteiger partial charge in [0.2, 0.25) is 0 Å². The first-order valence-electron chi connectivity index (χ1n) is 7.20. The molecule has 3 heteroatoms. The van der Waals surface area contributed by atoms with Crippen LogP contribution in [0.3, 0.4) is 0 Å². The van der Waals surface area contributed by atoms with E-state index in [-0.39, 0.29) is 5.82 Å². The molecule has 1 saturated carbocycles. The van der Waals surface area contributed by atoms with Crippen LogP contribution in [0.4, 0.5) is 10.1 Å². The van der Waals surface area contributed by atoms with Crippen molar-refractivity contribution >= 4 is 5.69 Å². The Morgan fingerprint density at radius 3 is 2.47 bits per heavy atom. The van der Waals surface area contributed by atoms with Crippen molar-refractivity contribution in [1.29, 1.82) is 0 Å². The summed E-state index contributed by atoms with van der Waals surface area (Å²) in [6, 6.07) is 5.33. The summed E-state index contributed by atoms with van der Waals surface area (Å²) in [5.74, 6) is 0.543. The topological polar surface area (TPSA) is 23.5 Å². The summed E-state index contributed by atoms with van der Waals surface area (Å²) in [5.41, 5.74) is 1.25. The SMILES string of the molecule is CC1CCC(N(C)c2c(F)cccc2C(C)O)CC1. The maximum absolute atomic E-state index is 14.1. The number of hydrogen-bond acceptors (Lipinski definition) is 2. The molecule has 1 aliphatic rings. The minimum absolute atomic E-state index is 0.237. The Bertz CT molecular complexity index is 425. The van der Waals surface area contributed by atoms with Gasteiger partial charge in [0.05, 0.1) is 11.8 Å². The molecule has 0 bridgehead atoms. The van der Waals surface area contributed by atoms with Crippen LogP contribution in [0.15, 0.2) is 18.2 Å². The van der Waals surface area contributed by atoms with Crippen LogP contribution in [0.5, 0.6) is 0 Å². The average molecular weight is 265 g/mol. The molecule has 1 aromatic carbocycles. The number of rotatable bonds is 3. The van der Waals surface area contributed by atoms with Gasteiger partial charge in [0.15, 0.2) is 0 Å². The molecule has 1 unspecified atom stereocenters. The molecule has 2 rings (SSSR count). The molecule has 0 radical (unpaired) electrons. The zero-order chi connectivity index (χ0) is 14.0. The van der Waals surface area contributed by atoms with Gasteiger partial charge in [-0.2, -0.15) is 0 Å². The molecule has 0 aliphatic heterocycles. The molecule has 1 N–H and O–H groups in total. The second-order valence-corrected chi connectivity index (χ2v) is 5.88. The summed E-state index contributed by atoms with van der Waals surface area (Å²) >= 11 is 0. The van der Waals surface area contributed by atoms with E-state index in [1.807, 2.05) is 18.0 Å². The van der Waals surface area contributed by atoms with Crippen LogP contribution in [0.2, 0.25) is 0 Å². The number of para-hydroxylation sites is 1. The van der Waals surface area contributed by atoms with Gasteiger partial charge in [0.25, 0.3) is 0 Å². The summed E-state index contributed by atoms with van der Waals surface area (Å²) in [6.45, 7) is 3.97. The van der Waals surface area contributed by atoms with E-state index in [9.17, 15) is 9.50 Å². The molecule has 2 nitrogen and oxygen atoms in total. The first kappa shape index (κ1) is 14.3. The Morgan fingerprint density at radius 1 is 1.26 bits per heavy atom. The molecule has 0 amide bonds. The van der Waals surface area contributed by atoms with Crippen molar-refractivity contribution in [3.8, 4) is 0 Å². The largest absolute Gasteiger partial charge is 0.389 e. The van der Waals surface area contributed by atoms with Gasteiger partial charge < -0.3 is 10.0 Å². The molecule has 1 aliphatic carbocycles. The summed E-state index contributed by atoms with van der Waals surface area (Å²) in [5, 5.41) is 9.82. The van der Waals surface area contributed by atoms with Crippen molar-refractivity contribution < 1.29 is 9.50 Å². The highest BCUT2D eigenvalue weighted by molar-refractivity contribution is 5.56. The van der Waals surface area contributed by atoms with E-state index in [4.69, 9.17) is 0 Å². The zero-order valence-corrected chi connectivity index (χ0v) is 12.1. The van der Waals surface area contributed by atoms with Gasteiger partial charge in [0.1, 0.15) is 5.82 Å². The van der Waals surface area contributed by atoms with Crippen molar-refractivity contribution in [3.05, 3.63) is 29.6 Å². The fraction of sp³-hybridized carbons (Fsp3) is 0.625. The van der Waals surface area contributed by atoms with Gasteiger partial charge in [0, 0.05) is 18.7 Å². The highest BCUT2D eigenvalue weighted by Gasteiger charge is 2.25. The van der Waals surface area contributed by atoms with Crippen molar-refractivity contribution in [2.45, 2.75) is 51.7 Å². The maximum Gasteiger partial charge on any atom is 0.146 e. The van der Waals surface area contributed by atoms with Gasteiger partial charge in [-0.1, -0.05) is 19.1 Å². The molecule has 0 spiro atoms. The summed E-state index contributed by atoms with van der Waals surface area (Å²) in [7, 11) is 1.95. The van der Waals surface area contributed by atoms with Gasteiger partial charge in [-0.15, -0.1) is 0 Å². The number of hydrogen-bond donors (Lipinski definition) is 1. The lowest BCUT2D eigenvalue weighted by Crippen LogP contribution is -2.36. The lowest BCUT2D eigenvalue weighted by atomic mass is 9.86. The minimum Gasteiger partial charge on any atom is -0.389 e. The van der Waals surface area contributed by atoms with Crippen molar-refractivity contribution in [2.75, 3.05) is 11.9 Å². The molecule has 19 heavy (non-hydrogen) atoms. The molecule has 1 fully saturated rings. The first-order chi connectivity index (χ1) is 9.00. The van der Waals surface area contributed by atoms with Crippen LogP contribution in [0, 0.1) is 11.7 Å². The summed E-state index contributed by atoms with van der Waals surface area (Å²) < 4.78 is 14.1. The van der Waals surface area contributed by atoms with Gasteiger partial charge in [-0.05, 0) is 44.6 Å². The second kappa shape index (κ2) is 5.91. The lowest BCUT2D eigenvalue weighted by Gasteiger charge is -2.36. The predicted octanol–water partition coefficient (Wildman–Crippen LogP) is 3.89. The predicted molar refractivity (Wildman–Crippen MR) is 76.9 cm³/mol. The number of anilines is 1. The highest BCUT2D eigenvalue weighted by Crippen LogP contribution is 2.34. The van der Waals surface area contributed by atoms with Crippen molar-refractivity contribution in [2.24, 2.45) is 5.92 Å². The van der Waals surface area contributed by atoms with Gasteiger partial charge in [-0.3, -0.25) is 0 Å². The Kier molecular flexibility index (Phi) is 4.46. The third-order valence-corrected chi connectivity index (χ3v) is 4.35. The highest BCUT2D eigenvalue weighted by atomic mass is 19.1. The Labute approximate surface area is 115 Å². The van der Waals surface area contributed by atoms with Crippen LogP contribution < -0.4 is 4.90 Å². The first-order valence-corrected chi connectivity index (χ1v) is 7.20. The number of halogens is 1. The van der Waals surface area contributed by atoms with Crippen LogP contribution >= 0.6 is 0 Å². The number of aliphatic hydroxyl groups is 1. The van der Waals surface area contributed by atoms with Gasteiger partial charge in [-0.25, -0.2) is 4.39 Å². The van der Waals surface area contributed by atoms with E-state index in [1.165, 1.54) is 18.9 Å². The zero-order valence-electron chi connectivity index (χ0n) is 12.1. The third kappa shape index (κ3) is 3.08. The van der Waals surface area contributed by atoms with E-state index in [1.54, 1.807) is 13.0 Å². The molecule has 106 valence electrons. The van der Waals surface area contributed by atoms with Crippen LogP contribution in [0.25, 0.3) is 0 Å². The van der Waals surface area contributed by atoms with E-state index >= 15 is 0 Å². The molecular weight excluding hydrogens is 241 g/mol. The smallest absolute Gasteiger partial charge is 0.146 e. The lowest BCUT2D eigenvalue weighted by molar-refractivity contribution is 0.199. The quantitative estimate of drug-likeness (QED) is 0.896. The Balaban J connectivity index is 2.25.